The quantitative estimate of drug-likeness (QED) is 0.526. The van der Waals surface area contributed by atoms with Crippen LogP contribution in [0.25, 0.3) is 22.4 Å². The van der Waals surface area contributed by atoms with E-state index in [1.165, 1.54) is 30.3 Å². The van der Waals surface area contributed by atoms with Crippen molar-refractivity contribution in [2.24, 2.45) is 0 Å². The molecule has 0 aliphatic carbocycles. The van der Waals surface area contributed by atoms with Crippen molar-refractivity contribution in [3.63, 3.8) is 0 Å². The van der Waals surface area contributed by atoms with Crippen LogP contribution in [0.15, 0.2) is 53.4 Å². The molecule has 0 amide bonds. The van der Waals surface area contributed by atoms with Crippen molar-refractivity contribution in [1.29, 1.82) is 0 Å². The number of benzene rings is 2. The Labute approximate surface area is 183 Å². The van der Waals surface area contributed by atoms with E-state index in [-0.39, 0.29) is 38.5 Å². The molecule has 0 fully saturated rings. The third kappa shape index (κ3) is 4.85. The molecule has 32 heavy (non-hydrogen) atoms. The fourth-order valence-corrected chi connectivity index (χ4v) is 3.86. The number of halogens is 3. The van der Waals surface area contributed by atoms with Gasteiger partial charge in [-0.15, -0.1) is 5.10 Å². The van der Waals surface area contributed by atoms with Crippen LogP contribution in [0.2, 0.25) is 0 Å². The van der Waals surface area contributed by atoms with E-state index in [1.807, 2.05) is 0 Å². The molecule has 0 atom stereocenters. The van der Waals surface area contributed by atoms with Crippen LogP contribution >= 0.6 is 0 Å². The SMILES string of the molecule is CCCC(=O)On1nc(-c2ccc(S(C)(=O)=O)cc2)c(-c2ccccc2C)c1C(F)(F)F. The van der Waals surface area contributed by atoms with Crippen LogP contribution in [0, 0.1) is 6.92 Å². The average Bonchev–Trinajstić information content (AvgIpc) is 3.07. The number of carbonyl (C=O) groups excluding carboxylic acids is 1. The summed E-state index contributed by atoms with van der Waals surface area (Å²) in [5, 5.41) is 3.98. The minimum absolute atomic E-state index is 0.0172. The molecule has 3 rings (SSSR count). The molecular formula is C22H21F3N2O4S. The number of nitrogens with zero attached hydrogens (tertiary/aromatic N) is 2. The highest BCUT2D eigenvalue weighted by Gasteiger charge is 2.42. The van der Waals surface area contributed by atoms with Crippen molar-refractivity contribution < 1.29 is 31.2 Å². The molecule has 0 N–H and O–H groups in total. The second-order valence-corrected chi connectivity index (χ2v) is 9.28. The molecule has 6 nitrogen and oxygen atoms in total. The summed E-state index contributed by atoms with van der Waals surface area (Å²) < 4.78 is 66.1. The maximum Gasteiger partial charge on any atom is 0.437 e. The minimum atomic E-state index is -4.89. The van der Waals surface area contributed by atoms with E-state index >= 15 is 0 Å². The van der Waals surface area contributed by atoms with Crippen molar-refractivity contribution in [1.82, 2.24) is 9.94 Å². The van der Waals surface area contributed by atoms with Crippen LogP contribution in [-0.4, -0.2) is 30.6 Å². The highest BCUT2D eigenvalue weighted by molar-refractivity contribution is 7.90. The minimum Gasteiger partial charge on any atom is -0.319 e. The van der Waals surface area contributed by atoms with Crippen LogP contribution in [0.4, 0.5) is 13.2 Å². The molecule has 1 aromatic heterocycles. The van der Waals surface area contributed by atoms with Gasteiger partial charge in [-0.05, 0) is 36.6 Å². The third-order valence-electron chi connectivity index (χ3n) is 4.74. The molecular weight excluding hydrogens is 445 g/mol. The predicted molar refractivity (Wildman–Crippen MR) is 112 cm³/mol. The number of hydrogen-bond donors (Lipinski definition) is 0. The monoisotopic (exact) mass is 466 g/mol. The molecule has 0 radical (unpaired) electrons. The van der Waals surface area contributed by atoms with Gasteiger partial charge in [0, 0.05) is 23.8 Å². The molecule has 0 spiro atoms. The molecule has 0 aliphatic heterocycles. The van der Waals surface area contributed by atoms with E-state index in [1.54, 1.807) is 32.0 Å². The molecule has 2 aromatic carbocycles. The number of aryl methyl sites for hydroxylation is 1. The Morgan fingerprint density at radius 1 is 1.09 bits per heavy atom. The summed E-state index contributed by atoms with van der Waals surface area (Å²) in [6, 6.07) is 11.8. The normalized spacial score (nSPS) is 12.1. The average molecular weight is 466 g/mol. The van der Waals surface area contributed by atoms with Gasteiger partial charge < -0.3 is 4.84 Å². The Kier molecular flexibility index (Phi) is 6.45. The zero-order chi connectivity index (χ0) is 23.7. The molecule has 3 aromatic rings. The summed E-state index contributed by atoms with van der Waals surface area (Å²) >= 11 is 0. The molecule has 0 aliphatic rings. The fraction of sp³-hybridized carbons (Fsp3) is 0.273. The Morgan fingerprint density at radius 3 is 2.25 bits per heavy atom. The Morgan fingerprint density at radius 2 is 1.72 bits per heavy atom. The summed E-state index contributed by atoms with van der Waals surface area (Å²) in [5.41, 5.74) is -0.501. The van der Waals surface area contributed by atoms with E-state index in [4.69, 9.17) is 4.84 Å². The van der Waals surface area contributed by atoms with Gasteiger partial charge in [-0.25, -0.2) is 13.2 Å². The fourth-order valence-electron chi connectivity index (χ4n) is 3.23. The highest BCUT2D eigenvalue weighted by atomic mass is 32.2. The van der Waals surface area contributed by atoms with Gasteiger partial charge in [-0.3, -0.25) is 0 Å². The van der Waals surface area contributed by atoms with Crippen LogP contribution < -0.4 is 4.84 Å². The lowest BCUT2D eigenvalue weighted by Gasteiger charge is -2.13. The number of carbonyl (C=O) groups is 1. The lowest BCUT2D eigenvalue weighted by Crippen LogP contribution is -2.26. The summed E-state index contributed by atoms with van der Waals surface area (Å²) in [5.74, 6) is -0.851. The first-order valence-electron chi connectivity index (χ1n) is 9.71. The van der Waals surface area contributed by atoms with Gasteiger partial charge in [0.15, 0.2) is 15.5 Å². The summed E-state index contributed by atoms with van der Waals surface area (Å²) in [6.45, 7) is 3.36. The molecule has 0 bridgehead atoms. The van der Waals surface area contributed by atoms with Crippen molar-refractivity contribution in [3.8, 4) is 22.4 Å². The topological polar surface area (TPSA) is 78.3 Å². The Bertz CT molecular complexity index is 1250. The van der Waals surface area contributed by atoms with E-state index < -0.39 is 27.7 Å². The third-order valence-corrected chi connectivity index (χ3v) is 5.87. The van der Waals surface area contributed by atoms with Crippen LogP contribution in [0.3, 0.4) is 0 Å². The smallest absolute Gasteiger partial charge is 0.319 e. The number of sulfone groups is 1. The molecule has 0 saturated heterocycles. The maximum absolute atomic E-state index is 14.2. The molecule has 1 heterocycles. The van der Waals surface area contributed by atoms with Crippen molar-refractivity contribution in [3.05, 3.63) is 59.8 Å². The number of hydrogen-bond acceptors (Lipinski definition) is 5. The maximum atomic E-state index is 14.2. The van der Waals surface area contributed by atoms with Gasteiger partial charge in [0.25, 0.3) is 0 Å². The van der Waals surface area contributed by atoms with Gasteiger partial charge in [-0.2, -0.15) is 13.2 Å². The molecule has 0 unspecified atom stereocenters. The number of aromatic nitrogens is 2. The lowest BCUT2D eigenvalue weighted by atomic mass is 9.95. The van der Waals surface area contributed by atoms with E-state index in [9.17, 15) is 26.4 Å². The summed E-state index contributed by atoms with van der Waals surface area (Å²) in [7, 11) is -3.49. The van der Waals surface area contributed by atoms with Crippen molar-refractivity contribution >= 4 is 15.8 Å². The molecule has 170 valence electrons. The first kappa shape index (κ1) is 23.5. The first-order chi connectivity index (χ1) is 14.9. The summed E-state index contributed by atoms with van der Waals surface area (Å²) in [4.78, 5) is 17.2. The standard InChI is InChI=1S/C22H21F3N2O4S/c1-4-7-18(28)31-27-21(22(23,24)25)19(17-9-6-5-8-14(17)2)20(26-27)15-10-12-16(13-11-15)32(3,29)30/h5-6,8-13H,4,7H2,1-3H3. The molecule has 0 saturated carbocycles. The molecule has 10 heteroatoms. The zero-order valence-corrected chi connectivity index (χ0v) is 18.4. The predicted octanol–water partition coefficient (Wildman–Crippen LogP) is 4.70. The number of alkyl halides is 3. The second-order valence-electron chi connectivity index (χ2n) is 7.27. The van der Waals surface area contributed by atoms with Gasteiger partial charge in [0.1, 0.15) is 5.69 Å². The van der Waals surface area contributed by atoms with Crippen LogP contribution in [0.1, 0.15) is 31.0 Å². The van der Waals surface area contributed by atoms with Crippen LogP contribution in [0.5, 0.6) is 0 Å². The highest BCUT2D eigenvalue weighted by Crippen LogP contribution is 2.43. The van der Waals surface area contributed by atoms with Gasteiger partial charge >= 0.3 is 12.1 Å². The van der Waals surface area contributed by atoms with Gasteiger partial charge in [0.05, 0.1) is 4.90 Å². The van der Waals surface area contributed by atoms with Crippen molar-refractivity contribution in [2.45, 2.75) is 37.8 Å². The Hall–Kier alpha value is -3.14. The lowest BCUT2D eigenvalue weighted by molar-refractivity contribution is -0.162. The zero-order valence-electron chi connectivity index (χ0n) is 17.6. The Balaban J connectivity index is 2.31. The summed E-state index contributed by atoms with van der Waals surface area (Å²) in [6.07, 6.45) is -3.53. The van der Waals surface area contributed by atoms with E-state index in [0.29, 0.717) is 12.0 Å². The first-order valence-corrected chi connectivity index (χ1v) is 11.6. The van der Waals surface area contributed by atoms with E-state index in [0.717, 1.165) is 6.26 Å². The van der Waals surface area contributed by atoms with Crippen molar-refractivity contribution in [2.75, 3.05) is 6.26 Å². The largest absolute Gasteiger partial charge is 0.437 e. The second kappa shape index (κ2) is 8.78. The number of rotatable bonds is 6. The van der Waals surface area contributed by atoms with Gasteiger partial charge in [-0.1, -0.05) is 48.2 Å². The van der Waals surface area contributed by atoms with Crippen LogP contribution in [-0.2, 0) is 20.8 Å². The van der Waals surface area contributed by atoms with E-state index in [2.05, 4.69) is 5.10 Å². The van der Waals surface area contributed by atoms with Gasteiger partial charge in [0.2, 0.25) is 0 Å².